The number of rotatable bonds is 14. The first-order valence-corrected chi connectivity index (χ1v) is 26.5. The summed E-state index contributed by atoms with van der Waals surface area (Å²) in [4.78, 5) is 53.9. The van der Waals surface area contributed by atoms with Crippen LogP contribution in [0.5, 0.6) is 0 Å². The molecule has 9 heterocycles. The van der Waals surface area contributed by atoms with E-state index in [2.05, 4.69) is 72.5 Å². The number of nitrogens with one attached hydrogen (secondary N) is 3. The van der Waals surface area contributed by atoms with Crippen LogP contribution in [0.2, 0.25) is 0 Å². The summed E-state index contributed by atoms with van der Waals surface area (Å²) in [5, 5.41) is 9.61. The van der Waals surface area contributed by atoms with Crippen molar-refractivity contribution in [1.29, 1.82) is 0 Å². The number of benzene rings is 2. The van der Waals surface area contributed by atoms with Gasteiger partial charge in [0.2, 0.25) is 11.9 Å². The Balaban J connectivity index is 0.000000177. The van der Waals surface area contributed by atoms with Crippen molar-refractivity contribution >= 4 is 51.5 Å². The summed E-state index contributed by atoms with van der Waals surface area (Å²) in [6.45, 7) is 22.4. The maximum Gasteiger partial charge on any atom is 0.255 e. The zero-order chi connectivity index (χ0) is 54.8. The van der Waals surface area contributed by atoms with Crippen molar-refractivity contribution in [2.75, 3.05) is 69.7 Å². The van der Waals surface area contributed by atoms with E-state index in [4.69, 9.17) is 4.74 Å². The summed E-state index contributed by atoms with van der Waals surface area (Å²) in [6.07, 6.45) is 7.73. The van der Waals surface area contributed by atoms with Gasteiger partial charge in [0.05, 0.1) is 48.2 Å². The lowest BCUT2D eigenvalue weighted by Gasteiger charge is -2.42. The van der Waals surface area contributed by atoms with E-state index in [1.165, 1.54) is 18.3 Å². The summed E-state index contributed by atoms with van der Waals surface area (Å²) in [5.41, 5.74) is 3.76. The van der Waals surface area contributed by atoms with E-state index in [0.717, 1.165) is 83.3 Å². The van der Waals surface area contributed by atoms with Crippen LogP contribution in [0.1, 0.15) is 87.1 Å². The van der Waals surface area contributed by atoms with E-state index >= 15 is 0 Å². The van der Waals surface area contributed by atoms with Crippen LogP contribution in [0.3, 0.4) is 0 Å². The zero-order valence-corrected chi connectivity index (χ0v) is 44.9. The van der Waals surface area contributed by atoms with E-state index < -0.39 is 23.3 Å². The van der Waals surface area contributed by atoms with Gasteiger partial charge in [-0.1, -0.05) is 13.0 Å². The molecule has 408 valence electrons. The SMILES string of the molecule is CCN1CCC(NCc2ccc(Nc3ncc(F)c(-c4cc(F)c5nc(C)n(C(C)C)c5c4)n3)nc2)CC1.Cc1nc2c(F)cc(-c3nc(Nc4ccc(C(=O)N5CCN(C6COC6)CC5)cn4)ncc3F)cc2n1C(C)C. The van der Waals surface area contributed by atoms with E-state index in [1.54, 1.807) is 30.5 Å². The van der Waals surface area contributed by atoms with Gasteiger partial charge in [0.1, 0.15) is 45.7 Å². The smallest absolute Gasteiger partial charge is 0.255 e. The fourth-order valence-corrected chi connectivity index (χ4v) is 10.4. The van der Waals surface area contributed by atoms with Crippen LogP contribution in [-0.2, 0) is 11.3 Å². The molecule has 2 aromatic carbocycles. The third kappa shape index (κ3) is 11.7. The molecular formula is C56H64F4N16O2. The number of carbonyl (C=O) groups is 1. The minimum Gasteiger partial charge on any atom is -0.378 e. The lowest BCUT2D eigenvalue weighted by molar-refractivity contribution is -0.0746. The molecule has 0 bridgehead atoms. The molecule has 3 aliphatic rings. The Morgan fingerprint density at radius 1 is 0.641 bits per heavy atom. The average molecular weight is 1070 g/mol. The summed E-state index contributed by atoms with van der Waals surface area (Å²) in [7, 11) is 0. The quantitative estimate of drug-likeness (QED) is 0.0875. The van der Waals surface area contributed by atoms with E-state index in [0.29, 0.717) is 70.6 Å². The lowest BCUT2D eigenvalue weighted by atomic mass is 10.0. The van der Waals surface area contributed by atoms with Gasteiger partial charge >= 0.3 is 0 Å². The molecule has 3 aliphatic heterocycles. The molecule has 78 heavy (non-hydrogen) atoms. The first-order chi connectivity index (χ1) is 37.6. The van der Waals surface area contributed by atoms with Crippen molar-refractivity contribution in [1.82, 2.24) is 69.0 Å². The number of piperidine rings is 1. The maximum absolute atomic E-state index is 15.0. The third-order valence-corrected chi connectivity index (χ3v) is 14.6. The van der Waals surface area contributed by atoms with Crippen molar-refractivity contribution in [2.45, 2.75) is 92.0 Å². The molecule has 3 saturated heterocycles. The van der Waals surface area contributed by atoms with Gasteiger partial charge in [0.15, 0.2) is 23.3 Å². The summed E-state index contributed by atoms with van der Waals surface area (Å²) in [5.74, 6) is 0.0980. The summed E-state index contributed by atoms with van der Waals surface area (Å²) in [6, 6.07) is 14.2. The van der Waals surface area contributed by atoms with Crippen LogP contribution in [0.4, 0.5) is 41.1 Å². The molecule has 0 spiro atoms. The zero-order valence-electron chi connectivity index (χ0n) is 44.9. The van der Waals surface area contributed by atoms with Gasteiger partial charge in [-0.2, -0.15) is 0 Å². The number of fused-ring (bicyclic) bond motifs is 2. The Kier molecular flexibility index (Phi) is 16.0. The molecule has 6 aromatic heterocycles. The number of nitrogens with zero attached hydrogens (tertiary/aromatic N) is 13. The lowest BCUT2D eigenvalue weighted by Crippen LogP contribution is -2.57. The monoisotopic (exact) mass is 1070 g/mol. The molecule has 0 radical (unpaired) electrons. The fourth-order valence-electron chi connectivity index (χ4n) is 10.4. The summed E-state index contributed by atoms with van der Waals surface area (Å²) < 4.78 is 68.7. The highest BCUT2D eigenvalue weighted by Gasteiger charge is 2.31. The van der Waals surface area contributed by atoms with Gasteiger partial charge < -0.3 is 39.6 Å². The van der Waals surface area contributed by atoms with Crippen LogP contribution < -0.4 is 16.0 Å². The summed E-state index contributed by atoms with van der Waals surface area (Å²) >= 11 is 0. The van der Waals surface area contributed by atoms with Gasteiger partial charge in [0.25, 0.3) is 5.91 Å². The maximum atomic E-state index is 15.0. The number of hydrogen-bond acceptors (Lipinski definition) is 15. The number of aryl methyl sites for hydroxylation is 2. The number of pyridine rings is 2. The molecule has 3 N–H and O–H groups in total. The predicted octanol–water partition coefficient (Wildman–Crippen LogP) is 9.33. The van der Waals surface area contributed by atoms with Gasteiger partial charge in [0, 0.05) is 74.4 Å². The number of ether oxygens (including phenoxy) is 1. The minimum atomic E-state index is -0.685. The van der Waals surface area contributed by atoms with Crippen LogP contribution in [0, 0.1) is 37.1 Å². The second-order valence-corrected chi connectivity index (χ2v) is 20.5. The van der Waals surface area contributed by atoms with Crippen LogP contribution in [-0.4, -0.2) is 141 Å². The first kappa shape index (κ1) is 53.9. The first-order valence-electron chi connectivity index (χ1n) is 26.5. The molecule has 0 atom stereocenters. The Hall–Kier alpha value is -7.53. The Bertz CT molecular complexity index is 3420. The molecule has 18 nitrogen and oxygen atoms in total. The molecule has 11 rings (SSSR count). The Morgan fingerprint density at radius 2 is 1.17 bits per heavy atom. The molecular weight excluding hydrogens is 1000 g/mol. The highest BCUT2D eigenvalue weighted by molar-refractivity contribution is 5.94. The van der Waals surface area contributed by atoms with E-state index in [-0.39, 0.29) is 57.9 Å². The number of likely N-dealkylation sites (tertiary alicyclic amines) is 1. The molecule has 22 heteroatoms. The fraction of sp³-hybridized carbons (Fsp3) is 0.411. The number of halogens is 4. The largest absolute Gasteiger partial charge is 0.378 e. The molecule has 8 aromatic rings. The molecule has 3 fully saturated rings. The van der Waals surface area contributed by atoms with Gasteiger partial charge in [-0.05, 0) is 122 Å². The second-order valence-electron chi connectivity index (χ2n) is 20.5. The molecule has 0 saturated carbocycles. The number of carbonyl (C=O) groups excluding carboxylic acids is 1. The number of hydrogen-bond donors (Lipinski definition) is 3. The normalized spacial score (nSPS) is 15.8. The Morgan fingerprint density at radius 3 is 1.62 bits per heavy atom. The van der Waals surface area contributed by atoms with Crippen molar-refractivity contribution in [3.8, 4) is 22.5 Å². The van der Waals surface area contributed by atoms with Crippen molar-refractivity contribution in [3.05, 3.63) is 119 Å². The second kappa shape index (κ2) is 23.2. The molecule has 0 aliphatic carbocycles. The van der Waals surface area contributed by atoms with E-state index in [9.17, 15) is 22.4 Å². The van der Waals surface area contributed by atoms with Crippen molar-refractivity contribution < 1.29 is 27.1 Å². The van der Waals surface area contributed by atoms with Gasteiger partial charge in [-0.25, -0.2) is 57.4 Å². The number of piperazine rings is 1. The van der Waals surface area contributed by atoms with Crippen LogP contribution >= 0.6 is 0 Å². The number of imidazole rings is 2. The number of anilines is 4. The van der Waals surface area contributed by atoms with Gasteiger partial charge in [-0.3, -0.25) is 9.69 Å². The number of amides is 1. The van der Waals surface area contributed by atoms with Crippen LogP contribution in [0.25, 0.3) is 44.6 Å². The highest BCUT2D eigenvalue weighted by Crippen LogP contribution is 2.33. The number of aromatic nitrogens is 10. The molecule has 1 amide bonds. The highest BCUT2D eigenvalue weighted by atomic mass is 19.1. The standard InChI is InChI=1S/C28H30F2N8O2.C28H34F2N8/c1-16(2)38-17(3)33-26-21(29)10-19(11-23(26)38)25-22(30)13-32-28(35-25)34-24-5-4-18(12-31-24)27(39)37-8-6-36(7-9-37)20-14-40-15-20;1-5-37-10-8-21(9-11-37)31-14-19-6-7-25(32-15-19)35-28-33-16-23(30)26(36-28)20-12-22(29)27-24(13-20)38(17(2)3)18(4)34-27/h4-5,10-13,16,20H,6-9,14-15H2,1-3H3,(H,31,32,34,35);6-7,12-13,15-17,21,31H,5,8-11,14H2,1-4H3,(H,32,33,35,36). The average Bonchev–Trinajstić information content (AvgIpc) is 4.17. The minimum absolute atomic E-state index is 0.00685. The topological polar surface area (TPSA) is 185 Å². The molecule has 0 unspecified atom stereocenters. The van der Waals surface area contributed by atoms with Crippen molar-refractivity contribution in [2.24, 2.45) is 0 Å². The van der Waals surface area contributed by atoms with Gasteiger partial charge in [-0.15, -0.1) is 0 Å². The third-order valence-electron chi connectivity index (χ3n) is 14.6. The van der Waals surface area contributed by atoms with E-state index in [1.807, 2.05) is 67.7 Å². The van der Waals surface area contributed by atoms with Crippen molar-refractivity contribution in [3.63, 3.8) is 0 Å². The van der Waals surface area contributed by atoms with Crippen LogP contribution in [0.15, 0.2) is 73.3 Å². The predicted molar refractivity (Wildman–Crippen MR) is 291 cm³/mol. The Labute approximate surface area is 449 Å².